The first-order chi connectivity index (χ1) is 10.2. The van der Waals surface area contributed by atoms with Gasteiger partial charge in [-0.3, -0.25) is 4.79 Å². The van der Waals surface area contributed by atoms with E-state index in [0.717, 1.165) is 42.1 Å². The Morgan fingerprint density at radius 2 is 2.04 bits per heavy atom. The van der Waals surface area contributed by atoms with Crippen LogP contribution in [0.4, 0.5) is 0 Å². The van der Waals surface area contributed by atoms with Gasteiger partial charge in [-0.15, -0.1) is 47.5 Å². The smallest absolute Gasteiger partial charge is 0.271 e. The zero-order chi connectivity index (χ0) is 14.7. The van der Waals surface area contributed by atoms with E-state index in [1.165, 1.54) is 11.3 Å². The molecule has 1 saturated carbocycles. The van der Waals surface area contributed by atoms with Crippen molar-refractivity contribution in [2.75, 3.05) is 6.54 Å². The molecular formula is C14H20Cl2N4OS2. The van der Waals surface area contributed by atoms with E-state index < -0.39 is 0 Å². The molecule has 9 heteroatoms. The number of hydrogen-bond acceptors (Lipinski definition) is 6. The molecule has 1 amide bonds. The van der Waals surface area contributed by atoms with Crippen LogP contribution in [-0.2, 0) is 12.0 Å². The predicted octanol–water partition coefficient (Wildman–Crippen LogP) is 3.14. The third-order valence-electron chi connectivity index (χ3n) is 3.79. The van der Waals surface area contributed by atoms with Crippen LogP contribution in [0.25, 0.3) is 0 Å². The van der Waals surface area contributed by atoms with Crippen LogP contribution in [-0.4, -0.2) is 22.4 Å². The first-order valence-electron chi connectivity index (χ1n) is 7.10. The Morgan fingerprint density at radius 3 is 2.65 bits per heavy atom. The molecule has 128 valence electrons. The molecule has 0 bridgehead atoms. The number of hydrogen-bond donors (Lipinski definition) is 2. The number of thiazole rings is 2. The molecule has 0 aromatic carbocycles. The lowest BCUT2D eigenvalue weighted by molar-refractivity contribution is 0.0893. The topological polar surface area (TPSA) is 80.9 Å². The Bertz CT molecular complexity index is 612. The third kappa shape index (κ3) is 4.42. The fraction of sp³-hybridized carbons (Fsp3) is 0.500. The second kappa shape index (κ2) is 8.94. The number of amides is 1. The maximum absolute atomic E-state index is 12.5. The van der Waals surface area contributed by atoms with Crippen LogP contribution in [0.15, 0.2) is 17.0 Å². The minimum absolute atomic E-state index is 0. The van der Waals surface area contributed by atoms with E-state index >= 15 is 0 Å². The minimum atomic E-state index is -0.303. The van der Waals surface area contributed by atoms with Gasteiger partial charge in [-0.25, -0.2) is 9.97 Å². The molecule has 1 aliphatic carbocycles. The molecule has 5 nitrogen and oxygen atoms in total. The van der Waals surface area contributed by atoms with Gasteiger partial charge in [0.25, 0.3) is 5.91 Å². The van der Waals surface area contributed by atoms with Gasteiger partial charge in [0.1, 0.15) is 10.7 Å². The van der Waals surface area contributed by atoms with Gasteiger partial charge in [0.05, 0.1) is 10.5 Å². The second-order valence-corrected chi connectivity index (χ2v) is 7.08. The average Bonchev–Trinajstić information content (AvgIpc) is 3.21. The van der Waals surface area contributed by atoms with E-state index in [9.17, 15) is 4.79 Å². The molecule has 0 saturated heterocycles. The molecule has 0 atom stereocenters. The molecular weight excluding hydrogens is 375 g/mol. The van der Waals surface area contributed by atoms with Crippen molar-refractivity contribution in [3.8, 4) is 0 Å². The first kappa shape index (κ1) is 20.3. The van der Waals surface area contributed by atoms with Crippen LogP contribution in [0.1, 0.15) is 46.2 Å². The van der Waals surface area contributed by atoms with Crippen LogP contribution in [0.3, 0.4) is 0 Å². The third-order valence-corrected chi connectivity index (χ3v) is 5.68. The molecule has 23 heavy (non-hydrogen) atoms. The number of nitrogens with two attached hydrogens (primary N) is 1. The molecule has 0 spiro atoms. The van der Waals surface area contributed by atoms with E-state index in [4.69, 9.17) is 5.73 Å². The van der Waals surface area contributed by atoms with Gasteiger partial charge in [0.15, 0.2) is 0 Å². The molecule has 2 aromatic rings. The van der Waals surface area contributed by atoms with Crippen molar-refractivity contribution in [3.05, 3.63) is 32.7 Å². The Hall–Kier alpha value is -0.730. The van der Waals surface area contributed by atoms with Crippen molar-refractivity contribution >= 4 is 53.4 Å². The fourth-order valence-corrected chi connectivity index (χ4v) is 4.41. The van der Waals surface area contributed by atoms with E-state index in [0.29, 0.717) is 12.2 Å². The second-order valence-electron chi connectivity index (χ2n) is 5.25. The van der Waals surface area contributed by atoms with E-state index in [-0.39, 0.29) is 36.3 Å². The number of carbonyl (C=O) groups excluding carboxylic acids is 1. The van der Waals surface area contributed by atoms with E-state index in [1.807, 2.05) is 10.8 Å². The summed E-state index contributed by atoms with van der Waals surface area (Å²) in [5.41, 5.74) is 5.71. The summed E-state index contributed by atoms with van der Waals surface area (Å²) in [6, 6.07) is 0. The molecule has 1 fully saturated rings. The van der Waals surface area contributed by atoms with Crippen LogP contribution in [0.2, 0.25) is 0 Å². The van der Waals surface area contributed by atoms with Gasteiger partial charge in [0.2, 0.25) is 0 Å². The number of rotatable bonds is 5. The zero-order valence-electron chi connectivity index (χ0n) is 12.5. The highest BCUT2D eigenvalue weighted by molar-refractivity contribution is 7.10. The first-order valence-corrected chi connectivity index (χ1v) is 8.86. The van der Waals surface area contributed by atoms with Gasteiger partial charge < -0.3 is 11.1 Å². The average molecular weight is 395 g/mol. The lowest BCUT2D eigenvalue weighted by atomic mass is 9.98. The number of carbonyl (C=O) groups is 1. The molecule has 0 unspecified atom stereocenters. The molecule has 0 aliphatic heterocycles. The highest BCUT2D eigenvalue weighted by Crippen LogP contribution is 2.39. The van der Waals surface area contributed by atoms with Gasteiger partial charge in [-0.2, -0.15) is 0 Å². The summed E-state index contributed by atoms with van der Waals surface area (Å²) in [5, 5.41) is 8.88. The lowest BCUT2D eigenvalue weighted by Crippen LogP contribution is -2.43. The van der Waals surface area contributed by atoms with Crippen molar-refractivity contribution in [1.82, 2.24) is 15.3 Å². The summed E-state index contributed by atoms with van der Waals surface area (Å²) >= 11 is 3.10. The van der Waals surface area contributed by atoms with Crippen LogP contribution < -0.4 is 11.1 Å². The molecule has 2 aromatic heterocycles. The van der Waals surface area contributed by atoms with Crippen molar-refractivity contribution < 1.29 is 4.79 Å². The number of aromatic nitrogens is 2. The van der Waals surface area contributed by atoms with E-state index in [2.05, 4.69) is 15.3 Å². The van der Waals surface area contributed by atoms with Gasteiger partial charge in [0, 0.05) is 23.4 Å². The van der Waals surface area contributed by atoms with Crippen LogP contribution in [0.5, 0.6) is 0 Å². The minimum Gasteiger partial charge on any atom is -0.339 e. The maximum atomic E-state index is 12.5. The molecule has 3 N–H and O–H groups in total. The van der Waals surface area contributed by atoms with Gasteiger partial charge >= 0.3 is 0 Å². The van der Waals surface area contributed by atoms with Crippen molar-refractivity contribution in [2.45, 2.75) is 37.6 Å². The summed E-state index contributed by atoms with van der Waals surface area (Å²) in [6.07, 6.45) is 6.66. The van der Waals surface area contributed by atoms with Crippen molar-refractivity contribution in [1.29, 1.82) is 0 Å². The Morgan fingerprint density at radius 1 is 1.30 bits per heavy atom. The largest absolute Gasteiger partial charge is 0.339 e. The summed E-state index contributed by atoms with van der Waals surface area (Å²) in [7, 11) is 0. The highest BCUT2D eigenvalue weighted by atomic mass is 35.5. The van der Waals surface area contributed by atoms with Gasteiger partial charge in [-0.05, 0) is 19.4 Å². The quantitative estimate of drug-likeness (QED) is 0.815. The van der Waals surface area contributed by atoms with Crippen molar-refractivity contribution in [2.24, 2.45) is 5.73 Å². The predicted molar refractivity (Wildman–Crippen MR) is 99.1 cm³/mol. The highest BCUT2D eigenvalue weighted by Gasteiger charge is 2.39. The zero-order valence-corrected chi connectivity index (χ0v) is 15.8. The lowest BCUT2D eigenvalue weighted by Gasteiger charge is -2.27. The maximum Gasteiger partial charge on any atom is 0.271 e. The molecule has 2 heterocycles. The molecule has 1 aliphatic rings. The van der Waals surface area contributed by atoms with Crippen molar-refractivity contribution in [3.63, 3.8) is 0 Å². The van der Waals surface area contributed by atoms with Crippen LogP contribution in [0, 0.1) is 0 Å². The summed E-state index contributed by atoms with van der Waals surface area (Å²) in [5.74, 6) is -0.105. The summed E-state index contributed by atoms with van der Waals surface area (Å²) in [6.45, 7) is 0.553. The van der Waals surface area contributed by atoms with Gasteiger partial charge in [-0.1, -0.05) is 12.8 Å². The normalized spacial score (nSPS) is 15.5. The molecule has 3 rings (SSSR count). The monoisotopic (exact) mass is 394 g/mol. The number of halogens is 2. The van der Waals surface area contributed by atoms with E-state index in [1.54, 1.807) is 17.5 Å². The van der Waals surface area contributed by atoms with Crippen LogP contribution >= 0.6 is 47.5 Å². The standard InChI is InChI=1S/C14H18N4OS2.2ClH/c15-6-3-11-17-10(9-21-11)12(19)18-14(4-1-2-5-14)13-16-7-8-20-13;;/h7-9H,1-6,15H2,(H,18,19);2*1H. The SMILES string of the molecule is Cl.Cl.NCCc1nc(C(=O)NC2(c3nccs3)CCCC2)cs1. The number of nitrogens with one attached hydrogen (secondary N) is 1. The summed E-state index contributed by atoms with van der Waals surface area (Å²) < 4.78 is 0. The summed E-state index contributed by atoms with van der Waals surface area (Å²) in [4.78, 5) is 21.3. The number of nitrogens with zero attached hydrogens (tertiary/aromatic N) is 2. The molecule has 0 radical (unpaired) electrons. The Labute approximate surface area is 155 Å². The Balaban J connectivity index is 0.00000132. The fourth-order valence-electron chi connectivity index (χ4n) is 2.77. The Kier molecular flexibility index (Phi) is 7.89.